The van der Waals surface area contributed by atoms with Crippen LogP contribution in [-0.2, 0) is 20.6 Å². The molecule has 1 rings (SSSR count). The molecule has 2 unspecified atom stereocenters. The van der Waals surface area contributed by atoms with E-state index in [-0.39, 0.29) is 30.0 Å². The molecule has 0 spiro atoms. The molecule has 0 aliphatic heterocycles. The van der Waals surface area contributed by atoms with Gasteiger partial charge in [0.25, 0.3) is 0 Å². The molecular weight excluding hydrogens is 314 g/mol. The zero-order valence-electron chi connectivity index (χ0n) is 12.1. The highest BCUT2D eigenvalue weighted by molar-refractivity contribution is 7.88. The Kier molecular flexibility index (Phi) is 7.87. The molecule has 0 saturated heterocycles. The average molecular weight is 336 g/mol. The molecule has 0 aromatic heterocycles. The fraction of sp³-hybridized carbons (Fsp3) is 0.462. The number of carbonyl (C=O) groups excluding carboxylic acids is 1. The second-order valence-electron chi connectivity index (χ2n) is 4.90. The number of carbonyl (C=O) groups is 1. The number of benzene rings is 1. The number of nitrogens with one attached hydrogen (secondary N) is 1. The standard InChI is InChI=1S/C13H21N3O3S.ClH/c1-3-9(2)12(14)13(17)16-11-6-4-10(5-7-11)8-20(15,18)19;/h4-7,9,12H,3,8,14H2,1-2H3,(H,16,17)(H2,15,18,19);1H. The summed E-state index contributed by atoms with van der Waals surface area (Å²) in [6, 6.07) is 5.90. The molecule has 1 aromatic rings. The maximum atomic E-state index is 11.9. The van der Waals surface area contributed by atoms with E-state index in [1.807, 2.05) is 13.8 Å². The normalized spacial score (nSPS) is 13.9. The van der Waals surface area contributed by atoms with Gasteiger partial charge in [-0.05, 0) is 23.6 Å². The summed E-state index contributed by atoms with van der Waals surface area (Å²) < 4.78 is 21.9. The molecule has 6 nitrogen and oxygen atoms in total. The van der Waals surface area contributed by atoms with Gasteiger partial charge in [-0.25, -0.2) is 13.6 Å². The van der Waals surface area contributed by atoms with Crippen molar-refractivity contribution in [2.45, 2.75) is 32.1 Å². The molecule has 1 amide bonds. The molecule has 0 aliphatic carbocycles. The van der Waals surface area contributed by atoms with Crippen LogP contribution in [0.15, 0.2) is 24.3 Å². The minimum atomic E-state index is -3.55. The maximum absolute atomic E-state index is 11.9. The first-order valence-corrected chi connectivity index (χ1v) is 8.10. The van der Waals surface area contributed by atoms with Gasteiger partial charge in [0.1, 0.15) is 0 Å². The number of nitrogens with two attached hydrogens (primary N) is 2. The van der Waals surface area contributed by atoms with Crippen molar-refractivity contribution in [3.05, 3.63) is 29.8 Å². The van der Waals surface area contributed by atoms with Crippen molar-refractivity contribution in [3.63, 3.8) is 0 Å². The van der Waals surface area contributed by atoms with Gasteiger partial charge in [-0.15, -0.1) is 12.4 Å². The SMILES string of the molecule is CCC(C)C(N)C(=O)Nc1ccc(CS(N)(=O)=O)cc1.Cl. The van der Waals surface area contributed by atoms with Crippen molar-refractivity contribution in [3.8, 4) is 0 Å². The summed E-state index contributed by atoms with van der Waals surface area (Å²) in [5.74, 6) is -0.386. The Morgan fingerprint density at radius 1 is 1.29 bits per heavy atom. The lowest BCUT2D eigenvalue weighted by molar-refractivity contribution is -0.118. The smallest absolute Gasteiger partial charge is 0.241 e. The predicted octanol–water partition coefficient (Wildman–Crippen LogP) is 1.21. The van der Waals surface area contributed by atoms with Crippen LogP contribution in [0.5, 0.6) is 0 Å². The number of primary sulfonamides is 1. The van der Waals surface area contributed by atoms with E-state index in [4.69, 9.17) is 10.9 Å². The number of anilines is 1. The molecule has 0 heterocycles. The fourth-order valence-corrected chi connectivity index (χ4v) is 2.31. The Bertz CT molecular complexity index is 561. The van der Waals surface area contributed by atoms with Crippen molar-refractivity contribution >= 4 is 34.0 Å². The molecule has 0 fully saturated rings. The van der Waals surface area contributed by atoms with E-state index < -0.39 is 16.1 Å². The van der Waals surface area contributed by atoms with Crippen molar-refractivity contribution in [2.24, 2.45) is 16.8 Å². The zero-order chi connectivity index (χ0) is 15.3. The minimum absolute atomic E-state index is 0. The maximum Gasteiger partial charge on any atom is 0.241 e. The molecule has 1 aromatic carbocycles. The van der Waals surface area contributed by atoms with Gasteiger partial charge in [0, 0.05) is 5.69 Å². The van der Waals surface area contributed by atoms with E-state index in [0.717, 1.165) is 6.42 Å². The molecule has 0 bridgehead atoms. The highest BCUT2D eigenvalue weighted by Crippen LogP contribution is 2.13. The number of hydrogen-bond donors (Lipinski definition) is 3. The van der Waals surface area contributed by atoms with Crippen molar-refractivity contribution < 1.29 is 13.2 Å². The van der Waals surface area contributed by atoms with E-state index in [0.29, 0.717) is 11.3 Å². The summed E-state index contributed by atoms with van der Waals surface area (Å²) in [7, 11) is -3.55. The van der Waals surface area contributed by atoms with Gasteiger partial charge in [0.05, 0.1) is 11.8 Å². The lowest BCUT2D eigenvalue weighted by Crippen LogP contribution is -2.40. The van der Waals surface area contributed by atoms with Crippen LogP contribution in [-0.4, -0.2) is 20.4 Å². The van der Waals surface area contributed by atoms with Crippen molar-refractivity contribution in [1.82, 2.24) is 0 Å². The fourth-order valence-electron chi connectivity index (χ4n) is 1.65. The molecule has 0 aliphatic rings. The Balaban J connectivity index is 0.00000400. The third-order valence-electron chi connectivity index (χ3n) is 3.15. The number of hydrogen-bond acceptors (Lipinski definition) is 4. The summed E-state index contributed by atoms with van der Waals surface area (Å²) in [5, 5.41) is 7.66. The van der Waals surface area contributed by atoms with Crippen LogP contribution >= 0.6 is 12.4 Å². The first-order valence-electron chi connectivity index (χ1n) is 6.38. The highest BCUT2D eigenvalue weighted by atomic mass is 35.5. The second-order valence-corrected chi connectivity index (χ2v) is 6.52. The van der Waals surface area contributed by atoms with Gasteiger partial charge in [0.2, 0.25) is 15.9 Å². The van der Waals surface area contributed by atoms with E-state index in [9.17, 15) is 13.2 Å². The van der Waals surface area contributed by atoms with Gasteiger partial charge in [-0.2, -0.15) is 0 Å². The predicted molar refractivity (Wildman–Crippen MR) is 86.6 cm³/mol. The average Bonchev–Trinajstić information content (AvgIpc) is 2.37. The number of rotatable bonds is 6. The van der Waals surface area contributed by atoms with Crippen LogP contribution in [0, 0.1) is 5.92 Å². The van der Waals surface area contributed by atoms with E-state index >= 15 is 0 Å². The summed E-state index contributed by atoms with van der Waals surface area (Å²) in [6.45, 7) is 3.89. The topological polar surface area (TPSA) is 115 Å². The number of sulfonamides is 1. The van der Waals surface area contributed by atoms with Gasteiger partial charge in [-0.3, -0.25) is 4.79 Å². The third kappa shape index (κ3) is 6.90. The summed E-state index contributed by atoms with van der Waals surface area (Å²) in [5.41, 5.74) is 6.97. The van der Waals surface area contributed by atoms with Crippen molar-refractivity contribution in [1.29, 1.82) is 0 Å². The van der Waals surface area contributed by atoms with Crippen LogP contribution in [0.25, 0.3) is 0 Å². The summed E-state index contributed by atoms with van der Waals surface area (Å²) >= 11 is 0. The third-order valence-corrected chi connectivity index (χ3v) is 3.88. The lowest BCUT2D eigenvalue weighted by atomic mass is 9.99. The van der Waals surface area contributed by atoms with E-state index in [1.165, 1.54) is 0 Å². The molecule has 8 heteroatoms. The highest BCUT2D eigenvalue weighted by Gasteiger charge is 2.19. The molecule has 120 valence electrons. The monoisotopic (exact) mass is 335 g/mol. The first-order chi connectivity index (χ1) is 9.23. The van der Waals surface area contributed by atoms with Gasteiger partial charge in [-0.1, -0.05) is 32.4 Å². The molecule has 21 heavy (non-hydrogen) atoms. The lowest BCUT2D eigenvalue weighted by Gasteiger charge is -2.17. The van der Waals surface area contributed by atoms with Crippen LogP contribution in [0.4, 0.5) is 5.69 Å². The van der Waals surface area contributed by atoms with E-state index in [1.54, 1.807) is 24.3 Å². The summed E-state index contributed by atoms with van der Waals surface area (Å²) in [4.78, 5) is 11.9. The van der Waals surface area contributed by atoms with E-state index in [2.05, 4.69) is 5.32 Å². The van der Waals surface area contributed by atoms with Gasteiger partial charge < -0.3 is 11.1 Å². The molecular formula is C13H22ClN3O3S. The minimum Gasteiger partial charge on any atom is -0.325 e. The molecule has 0 radical (unpaired) electrons. The Morgan fingerprint density at radius 3 is 2.24 bits per heavy atom. The number of amides is 1. The zero-order valence-corrected chi connectivity index (χ0v) is 13.7. The van der Waals surface area contributed by atoms with Crippen LogP contribution in [0.3, 0.4) is 0 Å². The van der Waals surface area contributed by atoms with Crippen LogP contribution in [0.1, 0.15) is 25.8 Å². The quantitative estimate of drug-likeness (QED) is 0.724. The van der Waals surface area contributed by atoms with Crippen LogP contribution in [0.2, 0.25) is 0 Å². The number of halogens is 1. The molecule has 0 saturated carbocycles. The Morgan fingerprint density at radius 2 is 1.81 bits per heavy atom. The van der Waals surface area contributed by atoms with Gasteiger partial charge in [0.15, 0.2) is 0 Å². The molecule has 5 N–H and O–H groups in total. The largest absolute Gasteiger partial charge is 0.325 e. The van der Waals surface area contributed by atoms with Gasteiger partial charge >= 0.3 is 0 Å². The second kappa shape index (κ2) is 8.33. The van der Waals surface area contributed by atoms with Crippen LogP contribution < -0.4 is 16.2 Å². The Hall–Kier alpha value is -1.15. The first kappa shape index (κ1) is 19.9. The Labute approximate surface area is 131 Å². The summed E-state index contributed by atoms with van der Waals surface area (Å²) in [6.07, 6.45) is 0.821. The van der Waals surface area contributed by atoms with Crippen molar-refractivity contribution in [2.75, 3.05) is 5.32 Å². The molecule has 2 atom stereocenters.